The maximum atomic E-state index is 12.4. The zero-order valence-corrected chi connectivity index (χ0v) is 18.6. The molecule has 1 spiro atoms. The summed E-state index contributed by atoms with van der Waals surface area (Å²) in [6.07, 6.45) is 2.66. The first-order chi connectivity index (χ1) is 15.7. The number of nitrogens with zero attached hydrogens (tertiary/aromatic N) is 1. The van der Waals surface area contributed by atoms with Crippen molar-refractivity contribution in [2.24, 2.45) is 0 Å². The van der Waals surface area contributed by atoms with Crippen molar-refractivity contribution in [2.45, 2.75) is 37.3 Å². The van der Waals surface area contributed by atoms with Crippen molar-refractivity contribution in [1.82, 2.24) is 10.2 Å². The number of nitrogens with one attached hydrogen (secondary N) is 1. The Morgan fingerprint density at radius 1 is 1.00 bits per heavy atom. The molecule has 0 unspecified atom stereocenters. The van der Waals surface area contributed by atoms with Gasteiger partial charge in [0.25, 0.3) is 0 Å². The predicted molar refractivity (Wildman–Crippen MR) is 128 cm³/mol. The Labute approximate surface area is 190 Å². The number of carbonyl (C=O) groups is 1. The van der Waals surface area contributed by atoms with Crippen molar-refractivity contribution >= 4 is 5.91 Å². The van der Waals surface area contributed by atoms with Gasteiger partial charge in [-0.25, -0.2) is 0 Å². The van der Waals surface area contributed by atoms with Gasteiger partial charge in [0.1, 0.15) is 5.75 Å². The van der Waals surface area contributed by atoms with Gasteiger partial charge in [-0.3, -0.25) is 9.69 Å². The van der Waals surface area contributed by atoms with Gasteiger partial charge in [-0.15, -0.1) is 0 Å². The van der Waals surface area contributed by atoms with Gasteiger partial charge in [0.2, 0.25) is 5.91 Å². The van der Waals surface area contributed by atoms with Crippen LogP contribution < -0.4 is 10.1 Å². The summed E-state index contributed by atoms with van der Waals surface area (Å²) in [7, 11) is 1.71. The minimum absolute atomic E-state index is 0.159. The van der Waals surface area contributed by atoms with E-state index in [-0.39, 0.29) is 11.4 Å². The first-order valence-electron chi connectivity index (χ1n) is 11.5. The van der Waals surface area contributed by atoms with Crippen molar-refractivity contribution in [3.8, 4) is 16.9 Å². The van der Waals surface area contributed by atoms with Crippen molar-refractivity contribution < 1.29 is 9.53 Å². The summed E-state index contributed by atoms with van der Waals surface area (Å²) in [5, 5.41) is 3.40. The average molecular weight is 427 g/mol. The molecule has 0 saturated carbocycles. The molecule has 1 amide bonds. The smallest absolute Gasteiger partial charge is 0.220 e. The van der Waals surface area contributed by atoms with Gasteiger partial charge in [0.05, 0.1) is 12.6 Å². The Balaban J connectivity index is 1.36. The quantitative estimate of drug-likeness (QED) is 0.624. The molecule has 2 fully saturated rings. The standard InChI is InChI=1S/C28H30N2O2/c1-32-26-11-6-5-10-24(26)22-15-13-21(14-16-22)18-30-19-25(23-8-3-2-4-9-23)28(20-30)17-7-12-27(31)29-28/h2-6,8-11,13-16,25H,7,12,17-20H2,1H3,(H,29,31)/t25-,28+/m0/s1. The molecule has 2 aliphatic rings. The normalized spacial score (nSPS) is 23.3. The molecule has 4 nitrogen and oxygen atoms in total. The molecule has 5 rings (SSSR count). The third-order valence-corrected chi connectivity index (χ3v) is 7.01. The number of methoxy groups -OCH3 is 1. The van der Waals surface area contributed by atoms with E-state index < -0.39 is 0 Å². The Morgan fingerprint density at radius 2 is 1.75 bits per heavy atom. The molecule has 2 aliphatic heterocycles. The second-order valence-corrected chi connectivity index (χ2v) is 9.09. The maximum absolute atomic E-state index is 12.4. The van der Waals surface area contributed by atoms with Crippen LogP contribution in [0.5, 0.6) is 5.75 Å². The summed E-state index contributed by atoms with van der Waals surface area (Å²) in [4.78, 5) is 14.9. The van der Waals surface area contributed by atoms with Gasteiger partial charge in [0, 0.05) is 37.5 Å². The number of piperidine rings is 1. The summed E-state index contributed by atoms with van der Waals surface area (Å²) in [6, 6.07) is 27.6. The molecule has 0 bridgehead atoms. The van der Waals surface area contributed by atoms with E-state index in [4.69, 9.17) is 4.74 Å². The molecule has 4 heteroatoms. The van der Waals surface area contributed by atoms with Crippen LogP contribution in [0.15, 0.2) is 78.9 Å². The lowest BCUT2D eigenvalue weighted by atomic mass is 9.76. The topological polar surface area (TPSA) is 41.6 Å². The number of para-hydroxylation sites is 1. The lowest BCUT2D eigenvalue weighted by molar-refractivity contribution is -0.125. The van der Waals surface area contributed by atoms with Gasteiger partial charge in [-0.2, -0.15) is 0 Å². The monoisotopic (exact) mass is 426 g/mol. The molecule has 3 aromatic rings. The van der Waals surface area contributed by atoms with Gasteiger partial charge in [-0.05, 0) is 35.6 Å². The number of ether oxygens (including phenoxy) is 1. The largest absolute Gasteiger partial charge is 0.496 e. The molecule has 32 heavy (non-hydrogen) atoms. The van der Waals surface area contributed by atoms with Gasteiger partial charge >= 0.3 is 0 Å². The van der Waals surface area contributed by atoms with Crippen LogP contribution in [0, 0.1) is 0 Å². The van der Waals surface area contributed by atoms with Crippen molar-refractivity contribution in [2.75, 3.05) is 20.2 Å². The number of rotatable bonds is 5. The number of hydrogen-bond donors (Lipinski definition) is 1. The van der Waals surface area contributed by atoms with Gasteiger partial charge in [0.15, 0.2) is 0 Å². The number of likely N-dealkylation sites (tertiary alicyclic amines) is 1. The van der Waals surface area contributed by atoms with E-state index in [1.807, 2.05) is 18.2 Å². The van der Waals surface area contributed by atoms with Gasteiger partial charge < -0.3 is 10.1 Å². The summed E-state index contributed by atoms with van der Waals surface area (Å²) in [5.74, 6) is 1.40. The third kappa shape index (κ3) is 4.03. The first-order valence-corrected chi connectivity index (χ1v) is 11.5. The minimum Gasteiger partial charge on any atom is -0.496 e. The van der Waals surface area contributed by atoms with E-state index >= 15 is 0 Å². The molecule has 2 atom stereocenters. The van der Waals surface area contributed by atoms with E-state index in [0.717, 1.165) is 49.4 Å². The van der Waals surface area contributed by atoms with Crippen molar-refractivity contribution in [1.29, 1.82) is 0 Å². The fourth-order valence-electron chi connectivity index (χ4n) is 5.51. The van der Waals surface area contributed by atoms with Crippen LogP contribution in [0.4, 0.5) is 0 Å². The molecule has 0 aliphatic carbocycles. The molecule has 1 N–H and O–H groups in total. The summed E-state index contributed by atoms with van der Waals surface area (Å²) in [6.45, 7) is 2.73. The summed E-state index contributed by atoms with van der Waals surface area (Å²) < 4.78 is 5.52. The molecular formula is C28H30N2O2. The SMILES string of the molecule is COc1ccccc1-c1ccc(CN2C[C@@H](c3ccccc3)[C@@]3(CCCC(=O)N3)C2)cc1. The van der Waals surface area contributed by atoms with E-state index in [0.29, 0.717) is 12.3 Å². The molecule has 164 valence electrons. The van der Waals surface area contributed by atoms with Crippen LogP contribution >= 0.6 is 0 Å². The lowest BCUT2D eigenvalue weighted by Crippen LogP contribution is -2.56. The van der Waals surface area contributed by atoms with Crippen LogP contribution in [0.2, 0.25) is 0 Å². The molecule has 0 aromatic heterocycles. The zero-order chi connectivity index (χ0) is 22.0. The number of hydrogen-bond acceptors (Lipinski definition) is 3. The lowest BCUT2D eigenvalue weighted by Gasteiger charge is -2.39. The highest BCUT2D eigenvalue weighted by molar-refractivity contribution is 5.78. The number of carbonyl (C=O) groups excluding carboxylic acids is 1. The van der Waals surface area contributed by atoms with Crippen LogP contribution in [0.3, 0.4) is 0 Å². The highest BCUT2D eigenvalue weighted by atomic mass is 16.5. The molecule has 2 saturated heterocycles. The van der Waals surface area contributed by atoms with Crippen molar-refractivity contribution in [3.63, 3.8) is 0 Å². The average Bonchev–Trinajstić information content (AvgIpc) is 3.16. The fraction of sp³-hybridized carbons (Fsp3) is 0.321. The predicted octanol–water partition coefficient (Wildman–Crippen LogP) is 5.00. The van der Waals surface area contributed by atoms with E-state index in [1.165, 1.54) is 11.1 Å². The second kappa shape index (κ2) is 8.79. The van der Waals surface area contributed by atoms with Crippen LogP contribution in [-0.4, -0.2) is 36.5 Å². The summed E-state index contributed by atoms with van der Waals surface area (Å²) >= 11 is 0. The van der Waals surface area contributed by atoms with E-state index in [2.05, 4.69) is 70.9 Å². The van der Waals surface area contributed by atoms with E-state index in [9.17, 15) is 4.79 Å². The minimum atomic E-state index is -0.159. The van der Waals surface area contributed by atoms with Crippen molar-refractivity contribution in [3.05, 3.63) is 90.0 Å². The summed E-state index contributed by atoms with van der Waals surface area (Å²) in [5.41, 5.74) is 4.72. The van der Waals surface area contributed by atoms with Gasteiger partial charge in [-0.1, -0.05) is 72.8 Å². The molecule has 0 radical (unpaired) electrons. The number of benzene rings is 3. The molecular weight excluding hydrogens is 396 g/mol. The highest BCUT2D eigenvalue weighted by Crippen LogP contribution is 2.41. The Kier molecular flexibility index (Phi) is 5.71. The Hall–Kier alpha value is -3.11. The third-order valence-electron chi connectivity index (χ3n) is 7.01. The molecule has 2 heterocycles. The van der Waals surface area contributed by atoms with Crippen LogP contribution in [0.1, 0.15) is 36.3 Å². The second-order valence-electron chi connectivity index (χ2n) is 9.09. The fourth-order valence-corrected chi connectivity index (χ4v) is 5.51. The number of amides is 1. The highest BCUT2D eigenvalue weighted by Gasteiger charge is 2.49. The Bertz CT molecular complexity index is 1080. The first kappa shape index (κ1) is 20.8. The Morgan fingerprint density at radius 3 is 2.50 bits per heavy atom. The zero-order valence-electron chi connectivity index (χ0n) is 18.6. The van der Waals surface area contributed by atoms with Crippen LogP contribution in [-0.2, 0) is 11.3 Å². The molecule has 3 aromatic carbocycles. The maximum Gasteiger partial charge on any atom is 0.220 e. The van der Waals surface area contributed by atoms with E-state index in [1.54, 1.807) is 7.11 Å². The van der Waals surface area contributed by atoms with Crippen LogP contribution in [0.25, 0.3) is 11.1 Å².